The Morgan fingerprint density at radius 2 is 1.54 bits per heavy atom. The average molecular weight is 348 g/mol. The molecule has 2 aromatic carbocycles. The van der Waals surface area contributed by atoms with Gasteiger partial charge in [0.1, 0.15) is 5.75 Å². The number of ketones is 1. The maximum Gasteiger partial charge on any atom is 0.162 e. The van der Waals surface area contributed by atoms with Gasteiger partial charge in [-0.05, 0) is 65.1 Å². The van der Waals surface area contributed by atoms with E-state index in [2.05, 4.69) is 63.2 Å². The molecule has 1 aliphatic carbocycles. The molecule has 1 aliphatic rings. The molecular weight excluding hydrogens is 320 g/mol. The number of carbonyl (C=O) groups is 1. The number of allylic oxidation sites excluding steroid dienone is 1. The molecule has 0 heterocycles. The third-order valence-corrected chi connectivity index (χ3v) is 5.52. The van der Waals surface area contributed by atoms with Gasteiger partial charge >= 0.3 is 0 Å². The number of hydrogen-bond donors (Lipinski definition) is 0. The van der Waals surface area contributed by atoms with Crippen LogP contribution in [0.15, 0.2) is 54.1 Å². The number of ether oxygens (including phenoxy) is 1. The molecule has 0 bridgehead atoms. The van der Waals surface area contributed by atoms with E-state index in [-0.39, 0.29) is 5.92 Å². The molecule has 0 saturated heterocycles. The van der Waals surface area contributed by atoms with E-state index < -0.39 is 0 Å². The van der Waals surface area contributed by atoms with Gasteiger partial charge in [0, 0.05) is 5.92 Å². The maximum atomic E-state index is 12.9. The van der Waals surface area contributed by atoms with Crippen LogP contribution < -0.4 is 4.74 Å². The normalized spacial score (nSPS) is 22.0. The van der Waals surface area contributed by atoms with Crippen molar-refractivity contribution in [3.63, 3.8) is 0 Å². The molecule has 1 saturated carbocycles. The summed E-state index contributed by atoms with van der Waals surface area (Å²) in [6, 6.07) is 16.5. The second kappa shape index (κ2) is 7.90. The predicted octanol–water partition coefficient (Wildman–Crippen LogP) is 6.02. The molecule has 2 heteroatoms. The van der Waals surface area contributed by atoms with E-state index in [9.17, 15) is 4.79 Å². The lowest BCUT2D eigenvalue weighted by atomic mass is 9.73. The minimum absolute atomic E-state index is 0.177. The summed E-state index contributed by atoms with van der Waals surface area (Å²) >= 11 is 0. The summed E-state index contributed by atoms with van der Waals surface area (Å²) in [6.45, 7) is 6.48. The molecule has 1 fully saturated rings. The maximum absolute atomic E-state index is 12.9. The van der Waals surface area contributed by atoms with Gasteiger partial charge in [-0.25, -0.2) is 0 Å². The lowest BCUT2D eigenvalue weighted by Crippen LogP contribution is -2.30. The van der Waals surface area contributed by atoms with Crippen molar-refractivity contribution < 1.29 is 9.53 Å². The lowest BCUT2D eigenvalue weighted by molar-refractivity contribution is -0.122. The van der Waals surface area contributed by atoms with Crippen LogP contribution in [0.3, 0.4) is 0 Å². The average Bonchev–Trinajstić information content (AvgIpc) is 2.65. The largest absolute Gasteiger partial charge is 0.497 e. The third-order valence-electron chi connectivity index (χ3n) is 5.52. The first-order chi connectivity index (χ1) is 12.5. The second-order valence-electron chi connectivity index (χ2n) is 7.64. The van der Waals surface area contributed by atoms with E-state index in [1.54, 1.807) is 7.11 Å². The Morgan fingerprint density at radius 1 is 0.962 bits per heavy atom. The summed E-state index contributed by atoms with van der Waals surface area (Å²) in [5.74, 6) is 2.14. The lowest BCUT2D eigenvalue weighted by Gasteiger charge is -2.30. The van der Waals surface area contributed by atoms with Crippen molar-refractivity contribution in [3.05, 3.63) is 59.7 Å². The summed E-state index contributed by atoms with van der Waals surface area (Å²) < 4.78 is 5.21. The monoisotopic (exact) mass is 348 g/mol. The highest BCUT2D eigenvalue weighted by molar-refractivity contribution is 6.02. The Balaban J connectivity index is 1.83. The predicted molar refractivity (Wildman–Crippen MR) is 108 cm³/mol. The number of methoxy groups -OCH3 is 1. The molecule has 136 valence electrons. The summed E-state index contributed by atoms with van der Waals surface area (Å²) in [7, 11) is 1.68. The van der Waals surface area contributed by atoms with E-state index in [0.717, 1.165) is 40.9 Å². The van der Waals surface area contributed by atoms with Crippen molar-refractivity contribution in [3.8, 4) is 16.9 Å². The molecular formula is C24H28O2. The van der Waals surface area contributed by atoms with Gasteiger partial charge in [0.25, 0.3) is 0 Å². The smallest absolute Gasteiger partial charge is 0.162 e. The number of Topliss-reactive ketones (excluding diaryl/α,β-unsaturated/α-hetero) is 1. The van der Waals surface area contributed by atoms with Crippen LogP contribution in [0, 0.1) is 17.8 Å². The van der Waals surface area contributed by atoms with Crippen LogP contribution >= 0.6 is 0 Å². The number of benzene rings is 2. The molecule has 2 nitrogen and oxygen atoms in total. The molecule has 3 rings (SSSR count). The highest BCUT2D eigenvalue weighted by atomic mass is 16.5. The second-order valence-corrected chi connectivity index (χ2v) is 7.64. The fourth-order valence-electron chi connectivity index (χ4n) is 3.76. The molecule has 0 radical (unpaired) electrons. The zero-order chi connectivity index (χ0) is 18.7. The fourth-order valence-corrected chi connectivity index (χ4v) is 3.76. The van der Waals surface area contributed by atoms with Gasteiger partial charge in [0.05, 0.1) is 7.11 Å². The van der Waals surface area contributed by atoms with Crippen LogP contribution in [0.25, 0.3) is 17.2 Å². The first-order valence-electron chi connectivity index (χ1n) is 9.50. The molecule has 0 N–H and O–H groups in total. The molecule has 26 heavy (non-hydrogen) atoms. The van der Waals surface area contributed by atoms with Crippen LogP contribution in [0.4, 0.5) is 0 Å². The number of hydrogen-bond acceptors (Lipinski definition) is 2. The van der Waals surface area contributed by atoms with Crippen LogP contribution in [0.2, 0.25) is 0 Å². The fraction of sp³-hybridized carbons (Fsp3) is 0.375. The van der Waals surface area contributed by atoms with Crippen LogP contribution in [0.1, 0.15) is 39.2 Å². The highest BCUT2D eigenvalue weighted by Gasteiger charge is 2.32. The Kier molecular flexibility index (Phi) is 5.61. The highest BCUT2D eigenvalue weighted by Crippen LogP contribution is 2.35. The van der Waals surface area contributed by atoms with E-state index in [0.29, 0.717) is 17.6 Å². The van der Waals surface area contributed by atoms with E-state index in [4.69, 9.17) is 4.74 Å². The van der Waals surface area contributed by atoms with E-state index in [1.807, 2.05) is 12.1 Å². The first-order valence-corrected chi connectivity index (χ1v) is 9.50. The van der Waals surface area contributed by atoms with Crippen LogP contribution in [-0.4, -0.2) is 12.9 Å². The van der Waals surface area contributed by atoms with E-state index >= 15 is 0 Å². The Hall–Kier alpha value is -2.35. The Labute approximate surface area is 156 Å². The third kappa shape index (κ3) is 3.90. The minimum Gasteiger partial charge on any atom is -0.497 e. The summed E-state index contributed by atoms with van der Waals surface area (Å²) in [6.07, 6.45) is 4.22. The van der Waals surface area contributed by atoms with Crippen molar-refractivity contribution in [2.75, 3.05) is 7.11 Å². The standard InChI is InChI=1S/C24H28O2/c1-16(2)22-14-5-17(3)23(24(22)25)15-18-6-8-19(9-7-18)20-10-12-21(26-4)13-11-20/h6-13,15-17,22H,5,14H2,1-4H3/b23-15+/t17-,22+/m1/s1. The Morgan fingerprint density at radius 3 is 2.08 bits per heavy atom. The SMILES string of the molecule is COc1ccc(-c2ccc(/C=C3/C(=O)[C@H](C(C)C)CC[C@H]3C)cc2)cc1. The summed E-state index contributed by atoms with van der Waals surface area (Å²) in [5.41, 5.74) is 4.42. The van der Waals surface area contributed by atoms with E-state index in [1.165, 1.54) is 0 Å². The zero-order valence-corrected chi connectivity index (χ0v) is 16.2. The topological polar surface area (TPSA) is 26.3 Å². The summed E-state index contributed by atoms with van der Waals surface area (Å²) in [5, 5.41) is 0. The van der Waals surface area contributed by atoms with Gasteiger partial charge in [-0.1, -0.05) is 57.2 Å². The van der Waals surface area contributed by atoms with Crippen molar-refractivity contribution in [1.82, 2.24) is 0 Å². The number of carbonyl (C=O) groups excluding carboxylic acids is 1. The van der Waals surface area contributed by atoms with Gasteiger partial charge in [0.15, 0.2) is 5.78 Å². The molecule has 2 atom stereocenters. The Bertz CT molecular complexity index is 782. The first kappa shape index (κ1) is 18.4. The molecule has 2 aromatic rings. The van der Waals surface area contributed by atoms with Crippen LogP contribution in [-0.2, 0) is 4.79 Å². The molecule has 0 unspecified atom stereocenters. The van der Waals surface area contributed by atoms with Crippen LogP contribution in [0.5, 0.6) is 5.75 Å². The van der Waals surface area contributed by atoms with Gasteiger partial charge < -0.3 is 4.74 Å². The molecule has 0 aromatic heterocycles. The molecule has 0 spiro atoms. The van der Waals surface area contributed by atoms with Crippen molar-refractivity contribution in [2.24, 2.45) is 17.8 Å². The van der Waals surface area contributed by atoms with Gasteiger partial charge in [-0.3, -0.25) is 4.79 Å². The van der Waals surface area contributed by atoms with Gasteiger partial charge in [0.2, 0.25) is 0 Å². The van der Waals surface area contributed by atoms with Gasteiger partial charge in [-0.15, -0.1) is 0 Å². The summed E-state index contributed by atoms with van der Waals surface area (Å²) in [4.78, 5) is 12.9. The van der Waals surface area contributed by atoms with Crippen molar-refractivity contribution in [2.45, 2.75) is 33.6 Å². The quantitative estimate of drug-likeness (QED) is 0.632. The zero-order valence-electron chi connectivity index (χ0n) is 16.2. The number of rotatable bonds is 4. The molecule has 0 aliphatic heterocycles. The van der Waals surface area contributed by atoms with Crippen molar-refractivity contribution >= 4 is 11.9 Å². The van der Waals surface area contributed by atoms with Crippen molar-refractivity contribution in [1.29, 1.82) is 0 Å². The van der Waals surface area contributed by atoms with Gasteiger partial charge in [-0.2, -0.15) is 0 Å². The molecule has 0 amide bonds. The minimum atomic E-state index is 0.177.